The van der Waals surface area contributed by atoms with E-state index in [9.17, 15) is 10.1 Å². The molecule has 0 saturated heterocycles. The fourth-order valence-corrected chi connectivity index (χ4v) is 1.59. The highest BCUT2D eigenvalue weighted by Gasteiger charge is 2.22. The fourth-order valence-electron chi connectivity index (χ4n) is 1.59. The average Bonchev–Trinajstić information content (AvgIpc) is 3.05. The molecule has 9 heteroatoms. The van der Waals surface area contributed by atoms with E-state index in [4.69, 9.17) is 9.47 Å². The second kappa shape index (κ2) is 4.37. The Morgan fingerprint density at radius 1 is 1.42 bits per heavy atom. The van der Waals surface area contributed by atoms with Gasteiger partial charge >= 0.3 is 0 Å². The molecular weight excluding hydrogens is 254 g/mol. The van der Waals surface area contributed by atoms with Crippen LogP contribution >= 0.6 is 0 Å². The van der Waals surface area contributed by atoms with Gasteiger partial charge in [0, 0.05) is 0 Å². The second-order valence-electron chi connectivity index (χ2n) is 3.58. The molecule has 0 radical (unpaired) electrons. The minimum atomic E-state index is -0.509. The van der Waals surface area contributed by atoms with Gasteiger partial charge in [-0.2, -0.15) is 5.10 Å². The summed E-state index contributed by atoms with van der Waals surface area (Å²) < 4.78 is 10.3. The summed E-state index contributed by atoms with van der Waals surface area (Å²) in [6.07, 6.45) is 4.00. The summed E-state index contributed by atoms with van der Waals surface area (Å²) in [5.74, 6) is 0.801. The number of hydrogen-bond acceptors (Lipinski definition) is 7. The maximum absolute atomic E-state index is 11.0. The number of aromatic nitrogens is 3. The molecule has 0 atom stereocenters. The Bertz CT molecular complexity index is 652. The van der Waals surface area contributed by atoms with Gasteiger partial charge in [0.2, 0.25) is 6.79 Å². The summed E-state index contributed by atoms with van der Waals surface area (Å²) in [4.78, 5) is 15.4. The van der Waals surface area contributed by atoms with Crippen molar-refractivity contribution in [2.45, 2.75) is 0 Å². The Labute approximate surface area is 106 Å². The van der Waals surface area contributed by atoms with Gasteiger partial charge in [-0.05, 0) is 6.07 Å². The second-order valence-corrected chi connectivity index (χ2v) is 3.58. The van der Waals surface area contributed by atoms with Crippen molar-refractivity contribution >= 4 is 11.9 Å². The predicted octanol–water partition coefficient (Wildman–Crippen LogP) is 0.797. The van der Waals surface area contributed by atoms with Crippen LogP contribution in [-0.4, -0.2) is 32.8 Å². The molecule has 1 aromatic carbocycles. The first-order chi connectivity index (χ1) is 9.24. The van der Waals surface area contributed by atoms with E-state index in [2.05, 4.69) is 15.2 Å². The van der Waals surface area contributed by atoms with Gasteiger partial charge in [-0.25, -0.2) is 4.98 Å². The van der Waals surface area contributed by atoms with E-state index >= 15 is 0 Å². The standard InChI is InChI=1S/C10H7N5O4/c16-15(17)8-2-10-9(18-6-19-10)1-7(8)3-12-14-5-11-4-13-14/h1-5H,6H2/b12-3+. The van der Waals surface area contributed by atoms with E-state index < -0.39 is 4.92 Å². The first-order valence-electron chi connectivity index (χ1n) is 5.21. The first-order valence-corrected chi connectivity index (χ1v) is 5.21. The van der Waals surface area contributed by atoms with Crippen LogP contribution < -0.4 is 9.47 Å². The van der Waals surface area contributed by atoms with Gasteiger partial charge in [0.25, 0.3) is 5.69 Å². The number of nitro groups is 1. The number of nitrogens with zero attached hydrogens (tertiary/aromatic N) is 5. The predicted molar refractivity (Wildman–Crippen MR) is 62.2 cm³/mol. The number of nitro benzene ring substituents is 1. The third kappa shape index (κ3) is 2.08. The number of hydrogen-bond donors (Lipinski definition) is 0. The molecule has 0 N–H and O–H groups in total. The van der Waals surface area contributed by atoms with E-state index in [1.54, 1.807) is 0 Å². The van der Waals surface area contributed by atoms with Crippen molar-refractivity contribution in [1.82, 2.24) is 14.9 Å². The highest BCUT2D eigenvalue weighted by Crippen LogP contribution is 2.37. The Kier molecular flexibility index (Phi) is 2.56. The zero-order valence-corrected chi connectivity index (χ0v) is 9.46. The molecule has 0 saturated carbocycles. The Hall–Kier alpha value is -2.97. The van der Waals surface area contributed by atoms with Gasteiger partial charge in [0.05, 0.1) is 22.8 Å². The molecular formula is C10H7N5O4. The van der Waals surface area contributed by atoms with Crippen LogP contribution in [0.5, 0.6) is 11.5 Å². The van der Waals surface area contributed by atoms with Gasteiger partial charge in [-0.3, -0.25) is 10.1 Å². The number of benzene rings is 1. The molecule has 96 valence electrons. The van der Waals surface area contributed by atoms with E-state index in [-0.39, 0.29) is 12.5 Å². The van der Waals surface area contributed by atoms with Crippen LogP contribution in [0.2, 0.25) is 0 Å². The minimum Gasteiger partial charge on any atom is -0.454 e. The Balaban J connectivity index is 2.02. The van der Waals surface area contributed by atoms with Crippen molar-refractivity contribution in [2.75, 3.05) is 6.79 Å². The minimum absolute atomic E-state index is 0.0517. The summed E-state index contributed by atoms with van der Waals surface area (Å²) >= 11 is 0. The van der Waals surface area contributed by atoms with Gasteiger partial charge in [0.1, 0.15) is 12.7 Å². The van der Waals surface area contributed by atoms with Crippen molar-refractivity contribution < 1.29 is 14.4 Å². The van der Waals surface area contributed by atoms with Crippen LogP contribution in [-0.2, 0) is 0 Å². The number of rotatable bonds is 3. The molecule has 1 aliphatic rings. The summed E-state index contributed by atoms with van der Waals surface area (Å²) in [7, 11) is 0. The van der Waals surface area contributed by atoms with Crippen molar-refractivity contribution in [3.05, 3.63) is 40.5 Å². The molecule has 2 aromatic rings. The highest BCUT2D eigenvalue weighted by atomic mass is 16.7. The van der Waals surface area contributed by atoms with Crippen LogP contribution in [0.15, 0.2) is 29.9 Å². The molecule has 3 rings (SSSR count). The van der Waals surface area contributed by atoms with E-state index in [0.29, 0.717) is 17.1 Å². The van der Waals surface area contributed by atoms with Crippen LogP contribution in [0.3, 0.4) is 0 Å². The zero-order chi connectivity index (χ0) is 13.2. The molecule has 2 heterocycles. The zero-order valence-electron chi connectivity index (χ0n) is 9.46. The molecule has 1 aliphatic heterocycles. The SMILES string of the molecule is O=[N+]([O-])c1cc2c(cc1/C=N/n1cncn1)OCO2. The monoisotopic (exact) mass is 261 g/mol. The smallest absolute Gasteiger partial charge is 0.282 e. The van der Waals surface area contributed by atoms with Gasteiger partial charge in [-0.1, -0.05) is 0 Å². The summed E-state index contributed by atoms with van der Waals surface area (Å²) in [6, 6.07) is 2.81. The Morgan fingerprint density at radius 2 is 2.21 bits per heavy atom. The molecule has 9 nitrogen and oxygen atoms in total. The van der Waals surface area contributed by atoms with E-state index in [0.717, 1.165) is 0 Å². The molecule has 0 spiro atoms. The lowest BCUT2D eigenvalue weighted by Crippen LogP contribution is -1.97. The quantitative estimate of drug-likeness (QED) is 0.459. The highest BCUT2D eigenvalue weighted by molar-refractivity contribution is 5.87. The number of fused-ring (bicyclic) bond motifs is 1. The molecule has 0 amide bonds. The summed E-state index contributed by atoms with van der Waals surface area (Å²) in [6.45, 7) is 0.0517. The lowest BCUT2D eigenvalue weighted by Gasteiger charge is -2.00. The van der Waals surface area contributed by atoms with Crippen molar-refractivity contribution in [3.63, 3.8) is 0 Å². The van der Waals surface area contributed by atoms with Gasteiger partial charge in [0.15, 0.2) is 11.5 Å². The maximum atomic E-state index is 11.0. The largest absolute Gasteiger partial charge is 0.454 e. The average molecular weight is 261 g/mol. The first kappa shape index (κ1) is 11.1. The van der Waals surface area contributed by atoms with Crippen molar-refractivity contribution in [2.24, 2.45) is 5.10 Å². The van der Waals surface area contributed by atoms with Gasteiger partial charge in [-0.15, -0.1) is 9.89 Å². The molecule has 0 aliphatic carbocycles. The van der Waals surface area contributed by atoms with Gasteiger partial charge < -0.3 is 9.47 Å². The molecule has 19 heavy (non-hydrogen) atoms. The third-order valence-electron chi connectivity index (χ3n) is 2.44. The lowest BCUT2D eigenvalue weighted by molar-refractivity contribution is -0.385. The number of ether oxygens (including phenoxy) is 2. The normalized spacial score (nSPS) is 13.1. The Morgan fingerprint density at radius 3 is 2.89 bits per heavy atom. The van der Waals surface area contributed by atoms with E-state index in [1.165, 1.54) is 35.8 Å². The van der Waals surface area contributed by atoms with Crippen molar-refractivity contribution in [3.8, 4) is 11.5 Å². The van der Waals surface area contributed by atoms with Crippen LogP contribution in [0.4, 0.5) is 5.69 Å². The third-order valence-corrected chi connectivity index (χ3v) is 2.44. The topological polar surface area (TPSA) is 105 Å². The van der Waals surface area contributed by atoms with Crippen LogP contribution in [0.25, 0.3) is 0 Å². The lowest BCUT2D eigenvalue weighted by atomic mass is 10.1. The molecule has 0 bridgehead atoms. The maximum Gasteiger partial charge on any atom is 0.282 e. The summed E-state index contributed by atoms with van der Waals surface area (Å²) in [5.41, 5.74) is 0.179. The molecule has 0 fully saturated rings. The molecule has 1 aromatic heterocycles. The van der Waals surface area contributed by atoms with Crippen molar-refractivity contribution in [1.29, 1.82) is 0 Å². The van der Waals surface area contributed by atoms with E-state index in [1.807, 2.05) is 0 Å². The molecule has 0 unspecified atom stereocenters. The van der Waals surface area contributed by atoms with Crippen LogP contribution in [0, 0.1) is 10.1 Å². The fraction of sp³-hybridized carbons (Fsp3) is 0.100. The van der Waals surface area contributed by atoms with Crippen LogP contribution in [0.1, 0.15) is 5.56 Å². The summed E-state index contributed by atoms with van der Waals surface area (Å²) in [5, 5.41) is 18.7.